The first-order chi connectivity index (χ1) is 23.8. The van der Waals surface area contributed by atoms with Crippen molar-refractivity contribution in [2.24, 2.45) is 0 Å². The van der Waals surface area contributed by atoms with Gasteiger partial charge in [-0.2, -0.15) is 0 Å². The summed E-state index contributed by atoms with van der Waals surface area (Å²) in [6.07, 6.45) is 0. The molecule has 10 rings (SSSR count). The van der Waals surface area contributed by atoms with E-state index < -0.39 is 0 Å². The quantitative estimate of drug-likeness (QED) is 0.139. The van der Waals surface area contributed by atoms with E-state index in [0.29, 0.717) is 0 Å². The van der Waals surface area contributed by atoms with E-state index in [9.17, 15) is 0 Å². The summed E-state index contributed by atoms with van der Waals surface area (Å²) < 4.78 is 0. The average molecular weight is 607 g/mol. The summed E-state index contributed by atoms with van der Waals surface area (Å²) in [7, 11) is 0. The van der Waals surface area contributed by atoms with Gasteiger partial charge < -0.3 is 0 Å². The van der Waals surface area contributed by atoms with E-state index in [0.717, 1.165) is 0 Å². The second kappa shape index (κ2) is 10.7. The van der Waals surface area contributed by atoms with Gasteiger partial charge in [0.2, 0.25) is 0 Å². The number of benzene rings is 10. The Morgan fingerprint density at radius 3 is 1.27 bits per heavy atom. The number of rotatable bonds is 3. The minimum atomic E-state index is 1.24. The molecule has 0 fully saturated rings. The molecule has 0 heterocycles. The van der Waals surface area contributed by atoms with Crippen molar-refractivity contribution in [3.8, 4) is 33.4 Å². The van der Waals surface area contributed by atoms with E-state index >= 15 is 0 Å². The largest absolute Gasteiger partial charge is 0.0622 e. The Morgan fingerprint density at radius 1 is 0.229 bits per heavy atom. The van der Waals surface area contributed by atoms with Crippen molar-refractivity contribution in [2.75, 3.05) is 0 Å². The Kier molecular flexibility index (Phi) is 5.98. The monoisotopic (exact) mass is 606 g/mol. The van der Waals surface area contributed by atoms with Crippen LogP contribution in [0.2, 0.25) is 0 Å². The predicted molar refractivity (Wildman–Crippen MR) is 208 cm³/mol. The van der Waals surface area contributed by atoms with Crippen LogP contribution >= 0.6 is 0 Å². The van der Waals surface area contributed by atoms with Crippen LogP contribution in [0, 0.1) is 0 Å². The first kappa shape index (κ1) is 26.9. The molecule has 0 nitrogen and oxygen atoms in total. The Morgan fingerprint density at radius 2 is 0.646 bits per heavy atom. The molecular weight excluding hydrogens is 577 g/mol. The maximum absolute atomic E-state index is 2.43. The molecule has 0 aliphatic carbocycles. The van der Waals surface area contributed by atoms with Crippen molar-refractivity contribution in [3.63, 3.8) is 0 Å². The number of fused-ring (bicyclic) bond motifs is 8. The predicted octanol–water partition coefficient (Wildman–Crippen LogP) is 13.6. The molecule has 0 saturated heterocycles. The third kappa shape index (κ3) is 3.96. The van der Waals surface area contributed by atoms with E-state index in [2.05, 4.69) is 182 Å². The highest BCUT2D eigenvalue weighted by Crippen LogP contribution is 2.48. The summed E-state index contributed by atoms with van der Waals surface area (Å²) in [6, 6.07) is 67.0. The van der Waals surface area contributed by atoms with Crippen LogP contribution in [-0.2, 0) is 0 Å². The van der Waals surface area contributed by atoms with Gasteiger partial charge in [-0.3, -0.25) is 0 Å². The van der Waals surface area contributed by atoms with Gasteiger partial charge in [-0.15, -0.1) is 0 Å². The van der Waals surface area contributed by atoms with Crippen molar-refractivity contribution in [2.45, 2.75) is 0 Å². The average Bonchev–Trinajstić information content (AvgIpc) is 3.16. The van der Waals surface area contributed by atoms with Crippen LogP contribution in [0.15, 0.2) is 182 Å². The van der Waals surface area contributed by atoms with Gasteiger partial charge in [0.1, 0.15) is 0 Å². The van der Waals surface area contributed by atoms with Gasteiger partial charge in [0.15, 0.2) is 0 Å². The third-order valence-corrected chi connectivity index (χ3v) is 10.2. The smallest absolute Gasteiger partial charge is 0.00199 e. The normalized spacial score (nSPS) is 11.8. The summed E-state index contributed by atoms with van der Waals surface area (Å²) >= 11 is 0. The van der Waals surface area contributed by atoms with Crippen molar-refractivity contribution in [1.29, 1.82) is 0 Å². The molecule has 0 aliphatic heterocycles. The number of hydrogen-bond acceptors (Lipinski definition) is 0. The van der Waals surface area contributed by atoms with Crippen LogP contribution in [-0.4, -0.2) is 0 Å². The van der Waals surface area contributed by atoms with Gasteiger partial charge in [-0.25, -0.2) is 0 Å². The molecule has 48 heavy (non-hydrogen) atoms. The second-order valence-electron chi connectivity index (χ2n) is 12.8. The SMILES string of the molecule is c1ccc(-c2ccc(-c3c4ccccc4c(-c4cc5ccc6ccccc6c5c5ccccc45)c4ccccc34)c3ccccc23)cc1. The fourth-order valence-corrected chi connectivity index (χ4v) is 8.18. The molecular formula is C48H30. The molecule has 222 valence electrons. The third-order valence-electron chi connectivity index (χ3n) is 10.2. The van der Waals surface area contributed by atoms with Gasteiger partial charge >= 0.3 is 0 Å². The lowest BCUT2D eigenvalue weighted by Crippen LogP contribution is -1.93. The van der Waals surface area contributed by atoms with Crippen LogP contribution in [0.1, 0.15) is 0 Å². The van der Waals surface area contributed by atoms with Crippen LogP contribution in [0.25, 0.3) is 98.0 Å². The fraction of sp³-hybridized carbons (Fsp3) is 0. The summed E-state index contributed by atoms with van der Waals surface area (Å²) in [5.41, 5.74) is 7.62. The minimum absolute atomic E-state index is 1.24. The molecule has 0 aromatic heterocycles. The Labute approximate surface area is 279 Å². The Balaban J connectivity index is 1.34. The molecule has 0 unspecified atom stereocenters. The summed E-state index contributed by atoms with van der Waals surface area (Å²) in [6.45, 7) is 0. The lowest BCUT2D eigenvalue weighted by molar-refractivity contribution is 1.64. The standard InChI is InChI=1S/C48H30/c1-2-14-31(15-3-1)34-28-29-44(37-19-7-6-18-36(34)37)47-40-22-10-12-24-42(40)48(43-25-13-11-23-41(43)47)45-30-33-27-26-32-16-4-5-17-35(32)46(33)39-21-9-8-20-38(39)45/h1-30H. The summed E-state index contributed by atoms with van der Waals surface area (Å²) in [5.74, 6) is 0. The Bertz CT molecular complexity index is 2820. The van der Waals surface area contributed by atoms with Gasteiger partial charge in [-0.1, -0.05) is 176 Å². The van der Waals surface area contributed by atoms with Crippen LogP contribution < -0.4 is 0 Å². The molecule has 10 aromatic carbocycles. The molecule has 0 N–H and O–H groups in total. The molecule has 0 bridgehead atoms. The molecule has 0 amide bonds. The van der Waals surface area contributed by atoms with E-state index in [-0.39, 0.29) is 0 Å². The highest BCUT2D eigenvalue weighted by atomic mass is 14.2. The fourth-order valence-electron chi connectivity index (χ4n) is 8.18. The molecule has 10 aromatic rings. The van der Waals surface area contributed by atoms with Crippen LogP contribution in [0.5, 0.6) is 0 Å². The van der Waals surface area contributed by atoms with Gasteiger partial charge in [-0.05, 0) is 104 Å². The molecule has 0 radical (unpaired) electrons. The van der Waals surface area contributed by atoms with Gasteiger partial charge in [0, 0.05) is 0 Å². The van der Waals surface area contributed by atoms with Crippen molar-refractivity contribution >= 4 is 64.6 Å². The van der Waals surface area contributed by atoms with Crippen molar-refractivity contribution < 1.29 is 0 Å². The summed E-state index contributed by atoms with van der Waals surface area (Å²) in [5, 5.41) is 15.4. The maximum Gasteiger partial charge on any atom is -0.00199 e. The molecule has 0 spiro atoms. The second-order valence-corrected chi connectivity index (χ2v) is 12.8. The highest BCUT2D eigenvalue weighted by molar-refractivity contribution is 6.29. The van der Waals surface area contributed by atoms with Crippen molar-refractivity contribution in [1.82, 2.24) is 0 Å². The molecule has 0 heteroatoms. The molecule has 0 aliphatic rings. The van der Waals surface area contributed by atoms with Crippen LogP contribution in [0.3, 0.4) is 0 Å². The Hall–Kier alpha value is -6.24. The minimum Gasteiger partial charge on any atom is -0.0622 e. The maximum atomic E-state index is 2.43. The first-order valence-electron chi connectivity index (χ1n) is 16.7. The molecule has 0 atom stereocenters. The number of hydrogen-bond donors (Lipinski definition) is 0. The van der Waals surface area contributed by atoms with E-state index in [1.807, 2.05) is 0 Å². The lowest BCUT2D eigenvalue weighted by Gasteiger charge is -2.21. The van der Waals surface area contributed by atoms with Gasteiger partial charge in [0.05, 0.1) is 0 Å². The molecule has 0 saturated carbocycles. The van der Waals surface area contributed by atoms with E-state index in [4.69, 9.17) is 0 Å². The highest BCUT2D eigenvalue weighted by Gasteiger charge is 2.21. The topological polar surface area (TPSA) is 0 Å². The zero-order valence-corrected chi connectivity index (χ0v) is 26.3. The lowest BCUT2D eigenvalue weighted by atomic mass is 9.82. The summed E-state index contributed by atoms with van der Waals surface area (Å²) in [4.78, 5) is 0. The first-order valence-corrected chi connectivity index (χ1v) is 16.7. The van der Waals surface area contributed by atoms with Crippen molar-refractivity contribution in [3.05, 3.63) is 182 Å². The van der Waals surface area contributed by atoms with E-state index in [1.54, 1.807) is 0 Å². The van der Waals surface area contributed by atoms with Gasteiger partial charge in [0.25, 0.3) is 0 Å². The zero-order valence-electron chi connectivity index (χ0n) is 26.3. The zero-order chi connectivity index (χ0) is 31.6. The van der Waals surface area contributed by atoms with Crippen LogP contribution in [0.4, 0.5) is 0 Å². The van der Waals surface area contributed by atoms with E-state index in [1.165, 1.54) is 98.0 Å².